The summed E-state index contributed by atoms with van der Waals surface area (Å²) in [7, 11) is 0. The highest BCUT2D eigenvalue weighted by atomic mass is 16.5. The Labute approximate surface area is 192 Å². The molecule has 6 heterocycles. The van der Waals surface area contributed by atoms with Gasteiger partial charge in [-0.05, 0) is 18.2 Å². The second-order valence-electron chi connectivity index (χ2n) is 5.58. The van der Waals surface area contributed by atoms with Gasteiger partial charge in [0.1, 0.15) is 25.4 Å². The monoisotopic (exact) mass is 459 g/mol. The van der Waals surface area contributed by atoms with E-state index in [4.69, 9.17) is 4.74 Å². The number of furan rings is 1. The van der Waals surface area contributed by atoms with Gasteiger partial charge in [-0.25, -0.2) is 4.98 Å². The number of nitrogens with zero attached hydrogens (tertiary/aromatic N) is 4. The Morgan fingerprint density at radius 1 is 0.970 bits per heavy atom. The molecule has 0 atom stereocenters. The van der Waals surface area contributed by atoms with Crippen molar-refractivity contribution in [2.24, 2.45) is 4.99 Å². The Balaban J connectivity index is 0.000000200. The number of hydrogen-bond donors (Lipinski definition) is 1. The molecule has 6 rings (SSSR count). The topological polar surface area (TPSA) is 134 Å². The second-order valence-corrected chi connectivity index (χ2v) is 5.58. The van der Waals surface area contributed by atoms with E-state index in [9.17, 15) is 0 Å². The van der Waals surface area contributed by atoms with Crippen LogP contribution in [0.4, 0.5) is 0 Å². The van der Waals surface area contributed by atoms with Gasteiger partial charge in [0.05, 0.1) is 50.5 Å². The van der Waals surface area contributed by atoms with Gasteiger partial charge in [0, 0.05) is 19.0 Å². The van der Waals surface area contributed by atoms with Gasteiger partial charge in [0.15, 0.2) is 12.8 Å². The van der Waals surface area contributed by atoms with E-state index in [1.54, 1.807) is 43.3 Å². The van der Waals surface area contributed by atoms with Crippen LogP contribution in [0.2, 0.25) is 0 Å². The average Bonchev–Trinajstić information content (AvgIpc) is 3.71. The highest BCUT2D eigenvalue weighted by Crippen LogP contribution is 1.94. The molecule has 11 heteroatoms. The van der Waals surface area contributed by atoms with Gasteiger partial charge >= 0.3 is 0 Å². The van der Waals surface area contributed by atoms with E-state index >= 15 is 0 Å². The number of aliphatic imine (C=N–C) groups is 1. The maximum Gasteiger partial charge on any atom is 0.180 e. The van der Waals surface area contributed by atoms with Gasteiger partial charge < -0.3 is 27.4 Å². The van der Waals surface area contributed by atoms with Crippen molar-refractivity contribution in [2.45, 2.75) is 6.42 Å². The van der Waals surface area contributed by atoms with Crippen LogP contribution in [0.3, 0.4) is 0 Å². The smallest absolute Gasteiger partial charge is 0.180 e. The summed E-state index contributed by atoms with van der Waals surface area (Å²) >= 11 is 0. The fourth-order valence-corrected chi connectivity index (χ4v) is 1.69. The van der Waals surface area contributed by atoms with Crippen molar-refractivity contribution in [3.05, 3.63) is 92.7 Å². The van der Waals surface area contributed by atoms with Gasteiger partial charge in [-0.15, -0.1) is 6.58 Å². The molecular formula is C22H29N5O6. The summed E-state index contributed by atoms with van der Waals surface area (Å²) in [6, 6.07) is 7.21. The molecule has 0 amide bonds. The molecule has 0 aliphatic carbocycles. The lowest BCUT2D eigenvalue weighted by atomic mass is 10.3. The van der Waals surface area contributed by atoms with Crippen LogP contribution in [-0.2, 0) is 15.9 Å². The molecule has 1 N–H and O–H groups in total. The van der Waals surface area contributed by atoms with Crippen molar-refractivity contribution in [3.8, 4) is 0 Å². The van der Waals surface area contributed by atoms with E-state index in [0.717, 1.165) is 45.1 Å². The van der Waals surface area contributed by atoms with E-state index in [2.05, 4.69) is 54.8 Å². The zero-order valence-electron chi connectivity index (χ0n) is 18.3. The first kappa shape index (κ1) is 27.1. The van der Waals surface area contributed by atoms with Crippen LogP contribution in [0, 0.1) is 0 Å². The second kappa shape index (κ2) is 22.7. The molecule has 0 radical (unpaired) electrons. The Kier molecular flexibility index (Phi) is 18.6. The first-order chi connectivity index (χ1) is 16.4. The third-order valence-corrected chi connectivity index (χ3v) is 3.08. The Hall–Kier alpha value is -3.96. The fourth-order valence-electron chi connectivity index (χ4n) is 1.69. The third kappa shape index (κ3) is 19.7. The van der Waals surface area contributed by atoms with E-state index < -0.39 is 0 Å². The van der Waals surface area contributed by atoms with Gasteiger partial charge in [-0.3, -0.25) is 10.3 Å². The molecule has 4 aromatic rings. The van der Waals surface area contributed by atoms with Crippen molar-refractivity contribution >= 4 is 6.40 Å². The van der Waals surface area contributed by atoms with Crippen LogP contribution in [0.5, 0.6) is 0 Å². The van der Waals surface area contributed by atoms with Crippen LogP contribution in [0.1, 0.15) is 5.69 Å². The third-order valence-electron chi connectivity index (χ3n) is 3.08. The lowest BCUT2D eigenvalue weighted by Crippen LogP contribution is -2.05. The van der Waals surface area contributed by atoms with Gasteiger partial charge in [-0.1, -0.05) is 16.4 Å². The maximum atomic E-state index is 4.83. The van der Waals surface area contributed by atoms with Crippen molar-refractivity contribution in [3.63, 3.8) is 0 Å². The molecule has 33 heavy (non-hydrogen) atoms. The number of rotatable bonds is 2. The van der Waals surface area contributed by atoms with Crippen LogP contribution in [0.15, 0.2) is 110 Å². The molecule has 0 bridgehead atoms. The van der Waals surface area contributed by atoms with Crippen molar-refractivity contribution in [1.29, 1.82) is 0 Å². The van der Waals surface area contributed by atoms with E-state index in [1.165, 1.54) is 25.3 Å². The molecule has 1 saturated heterocycles. The molecular weight excluding hydrogens is 430 g/mol. The zero-order chi connectivity index (χ0) is 23.5. The Morgan fingerprint density at radius 3 is 2.15 bits per heavy atom. The number of allylic oxidation sites excluding steroid dienone is 1. The highest BCUT2D eigenvalue weighted by Gasteiger charge is 1.92. The number of hydrogen-bond acceptors (Lipinski definition) is 11. The number of ether oxygens (including phenoxy) is 2. The molecule has 2 aliphatic rings. The van der Waals surface area contributed by atoms with Crippen molar-refractivity contribution in [1.82, 2.24) is 20.6 Å². The first-order valence-electron chi connectivity index (χ1n) is 9.95. The summed E-state index contributed by atoms with van der Waals surface area (Å²) in [4.78, 5) is 7.29. The summed E-state index contributed by atoms with van der Waals surface area (Å²) in [5.41, 5.74) is 0.931. The lowest BCUT2D eigenvalue weighted by molar-refractivity contribution is 0.194. The largest absolute Gasteiger partial charge is 0.482 e. The number of nitrogens with one attached hydrogen (secondary N) is 1. The molecule has 178 valence electrons. The highest BCUT2D eigenvalue weighted by molar-refractivity contribution is 5.47. The first-order valence-corrected chi connectivity index (χ1v) is 9.95. The van der Waals surface area contributed by atoms with E-state index in [-0.39, 0.29) is 0 Å². The van der Waals surface area contributed by atoms with Crippen molar-refractivity contribution < 1.29 is 27.4 Å². The maximum absolute atomic E-state index is 4.83. The summed E-state index contributed by atoms with van der Waals surface area (Å²) < 4.78 is 27.4. The van der Waals surface area contributed by atoms with Crippen molar-refractivity contribution in [2.75, 3.05) is 33.0 Å². The van der Waals surface area contributed by atoms with Crippen LogP contribution in [0.25, 0.3) is 0 Å². The molecule has 1 fully saturated rings. The SMILES string of the molecule is C1=NCCO1.C1COCN1.C=CCc1ccon1.c1ccoc1.c1cnoc1.c1cocn1. The zero-order valence-corrected chi connectivity index (χ0v) is 18.3. The summed E-state index contributed by atoms with van der Waals surface area (Å²) in [6.45, 7) is 7.85. The number of oxazole rings is 1. The quantitative estimate of drug-likeness (QED) is 0.443. The molecule has 0 unspecified atom stereocenters. The fraction of sp³-hybridized carbons (Fsp3) is 0.273. The molecule has 2 aliphatic heterocycles. The molecule has 4 aromatic heterocycles. The van der Waals surface area contributed by atoms with Crippen LogP contribution >= 0.6 is 0 Å². The van der Waals surface area contributed by atoms with Crippen LogP contribution < -0.4 is 5.32 Å². The molecule has 0 aromatic carbocycles. The minimum absolute atomic E-state index is 0.750. The molecule has 0 saturated carbocycles. The predicted molar refractivity (Wildman–Crippen MR) is 120 cm³/mol. The minimum Gasteiger partial charge on any atom is -0.482 e. The van der Waals surface area contributed by atoms with E-state index in [0.29, 0.717) is 0 Å². The summed E-state index contributed by atoms with van der Waals surface area (Å²) in [6.07, 6.45) is 16.4. The number of aromatic nitrogens is 3. The minimum atomic E-state index is 0.750. The van der Waals surface area contributed by atoms with Crippen LogP contribution in [-0.4, -0.2) is 54.7 Å². The average molecular weight is 460 g/mol. The Morgan fingerprint density at radius 2 is 1.88 bits per heavy atom. The van der Waals surface area contributed by atoms with Gasteiger partial charge in [0.25, 0.3) is 0 Å². The normalized spacial score (nSPS) is 12.4. The predicted octanol–water partition coefficient (Wildman–Crippen LogP) is 3.64. The molecule has 11 nitrogen and oxygen atoms in total. The lowest BCUT2D eigenvalue weighted by Gasteiger charge is -1.77. The summed E-state index contributed by atoms with van der Waals surface area (Å²) in [5.74, 6) is 0. The van der Waals surface area contributed by atoms with E-state index in [1.807, 2.05) is 18.2 Å². The molecule has 0 spiro atoms. The standard InChI is InChI=1S/C6H7NO.C4H4O.C3H7NO.C3H5NO.2C3H3NO/c1-2-3-6-4-5-8-7-6;1-2-4-5-3-1;3*1-2-5-3-4-1;1-2-4-5-3-1/h2,4-5H,1,3H2;1-4H;4H,1-3H2;3H,1-2H2;2*1-3H. The summed E-state index contributed by atoms with van der Waals surface area (Å²) in [5, 5.41) is 10.0. The Bertz CT molecular complexity index is 703. The van der Waals surface area contributed by atoms with Gasteiger partial charge in [0.2, 0.25) is 0 Å². The van der Waals surface area contributed by atoms with Gasteiger partial charge in [-0.2, -0.15) is 0 Å².